The van der Waals surface area contributed by atoms with Gasteiger partial charge in [0.25, 0.3) is 0 Å². The molecule has 0 atom stereocenters. The molecule has 3 aromatic rings. The van der Waals surface area contributed by atoms with Gasteiger partial charge in [-0.3, -0.25) is 9.78 Å². The number of rotatable bonds is 9. The number of pyridine rings is 1. The summed E-state index contributed by atoms with van der Waals surface area (Å²) in [6.07, 6.45) is 8.62. The van der Waals surface area contributed by atoms with Crippen LogP contribution in [0.15, 0.2) is 73.1 Å². The molecule has 0 radical (unpaired) electrons. The summed E-state index contributed by atoms with van der Waals surface area (Å²) in [6.45, 7) is 5.85. The van der Waals surface area contributed by atoms with Crippen molar-refractivity contribution in [1.82, 2.24) is 10.3 Å². The van der Waals surface area contributed by atoms with E-state index in [1.165, 1.54) is 24.2 Å². The number of hydrogen-bond donors (Lipinski definition) is 1. The number of allylic oxidation sites excluding steroid dienone is 1. The maximum Gasteiger partial charge on any atom is 0.226 e. The van der Waals surface area contributed by atoms with Crippen molar-refractivity contribution in [3.05, 3.63) is 90.1 Å². The van der Waals surface area contributed by atoms with Gasteiger partial charge in [-0.25, -0.2) is 4.39 Å². The highest BCUT2D eigenvalue weighted by Crippen LogP contribution is 2.24. The van der Waals surface area contributed by atoms with Gasteiger partial charge < -0.3 is 15.0 Å². The fourth-order valence-electron chi connectivity index (χ4n) is 3.91. The summed E-state index contributed by atoms with van der Waals surface area (Å²) in [6, 6.07) is 16.8. The number of carbonyl (C=O) groups excluding carboxylic acids is 1. The lowest BCUT2D eigenvalue weighted by Gasteiger charge is -2.23. The highest BCUT2D eigenvalue weighted by Gasteiger charge is 2.09. The molecule has 1 aliphatic heterocycles. The lowest BCUT2D eigenvalue weighted by atomic mass is 10.1. The van der Waals surface area contributed by atoms with E-state index in [4.69, 9.17) is 4.74 Å². The van der Waals surface area contributed by atoms with E-state index in [9.17, 15) is 9.18 Å². The van der Waals surface area contributed by atoms with Crippen LogP contribution in [0, 0.1) is 11.7 Å². The molecule has 2 aromatic carbocycles. The Morgan fingerprint density at radius 1 is 1.11 bits per heavy atom. The number of halogens is 1. The van der Waals surface area contributed by atoms with E-state index in [-0.39, 0.29) is 24.7 Å². The molecule has 182 valence electrons. The maximum absolute atomic E-state index is 13.9. The molecule has 4 rings (SSSR count). The highest BCUT2D eigenvalue weighted by atomic mass is 19.1. The fourth-order valence-corrected chi connectivity index (χ4v) is 3.91. The third-order valence-electron chi connectivity index (χ3n) is 5.76. The first-order valence-electron chi connectivity index (χ1n) is 12.1. The number of amides is 1. The predicted molar refractivity (Wildman–Crippen MR) is 138 cm³/mol. The Morgan fingerprint density at radius 2 is 1.91 bits per heavy atom. The smallest absolute Gasteiger partial charge is 0.226 e. The summed E-state index contributed by atoms with van der Waals surface area (Å²) in [5.41, 5.74) is 4.61. The largest absolute Gasteiger partial charge is 0.493 e. The van der Waals surface area contributed by atoms with Gasteiger partial charge >= 0.3 is 0 Å². The highest BCUT2D eigenvalue weighted by molar-refractivity contribution is 5.78. The number of nitrogens with zero attached hydrogens (tertiary/aromatic N) is 2. The summed E-state index contributed by atoms with van der Waals surface area (Å²) < 4.78 is 19.5. The third kappa shape index (κ3) is 7.15. The number of anilines is 1. The maximum atomic E-state index is 13.9. The Hall–Kier alpha value is -3.67. The van der Waals surface area contributed by atoms with Crippen molar-refractivity contribution in [2.75, 3.05) is 18.1 Å². The van der Waals surface area contributed by atoms with Crippen LogP contribution in [-0.2, 0) is 17.8 Å². The first-order valence-corrected chi connectivity index (χ1v) is 12.1. The molecule has 0 fully saturated rings. The number of ether oxygens (including phenoxy) is 1. The molecule has 0 spiro atoms. The monoisotopic (exact) mass is 473 g/mol. The van der Waals surface area contributed by atoms with Crippen molar-refractivity contribution in [3.63, 3.8) is 0 Å². The molecule has 1 aliphatic rings. The summed E-state index contributed by atoms with van der Waals surface area (Å²) in [7, 11) is 0. The Kier molecular flexibility index (Phi) is 8.14. The van der Waals surface area contributed by atoms with Gasteiger partial charge in [0.1, 0.15) is 11.6 Å². The van der Waals surface area contributed by atoms with Gasteiger partial charge in [-0.05, 0) is 60.2 Å². The summed E-state index contributed by atoms with van der Waals surface area (Å²) in [5, 5.41) is 2.84. The van der Waals surface area contributed by atoms with Crippen LogP contribution < -0.4 is 15.0 Å². The zero-order valence-electron chi connectivity index (χ0n) is 20.3. The molecule has 0 unspecified atom stereocenters. The van der Waals surface area contributed by atoms with Gasteiger partial charge in [-0.2, -0.15) is 0 Å². The van der Waals surface area contributed by atoms with E-state index in [0.29, 0.717) is 29.5 Å². The number of benzene rings is 2. The number of carbonyl (C=O) groups is 1. The van der Waals surface area contributed by atoms with Crippen molar-refractivity contribution in [2.24, 2.45) is 5.92 Å². The lowest BCUT2D eigenvalue weighted by molar-refractivity contribution is -0.120. The van der Waals surface area contributed by atoms with Gasteiger partial charge in [0, 0.05) is 48.5 Å². The van der Waals surface area contributed by atoms with Crippen LogP contribution >= 0.6 is 0 Å². The molecule has 1 amide bonds. The average molecular weight is 474 g/mol. The molecule has 0 aliphatic carbocycles. The minimum Gasteiger partial charge on any atom is -0.493 e. The average Bonchev–Trinajstić information content (AvgIpc) is 2.87. The van der Waals surface area contributed by atoms with Crippen molar-refractivity contribution in [2.45, 2.75) is 39.7 Å². The van der Waals surface area contributed by atoms with Crippen molar-refractivity contribution >= 4 is 11.6 Å². The second-order valence-corrected chi connectivity index (χ2v) is 9.26. The van der Waals surface area contributed by atoms with E-state index in [0.717, 1.165) is 24.1 Å². The van der Waals surface area contributed by atoms with E-state index in [1.54, 1.807) is 12.3 Å². The SMILES string of the molecule is CC(C)COc1cc(F)cc(CNC(=O)Cc2ccc(-c3ccc(N4C=CCCC4)cc3)cn2)c1. The van der Waals surface area contributed by atoms with Crippen molar-refractivity contribution in [1.29, 1.82) is 0 Å². The zero-order valence-corrected chi connectivity index (χ0v) is 20.3. The predicted octanol–water partition coefficient (Wildman–Crippen LogP) is 5.90. The van der Waals surface area contributed by atoms with E-state index >= 15 is 0 Å². The minimum absolute atomic E-state index is 0.159. The Morgan fingerprint density at radius 3 is 2.60 bits per heavy atom. The minimum atomic E-state index is -0.381. The standard InChI is InChI=1S/C29H32FN3O2/c1-21(2)20-35-28-15-22(14-25(30)16-28)18-32-29(34)17-26-9-6-24(19-31-26)23-7-10-27(11-8-23)33-12-4-3-5-13-33/h4,6-12,14-16,19,21H,3,5,13,17-18,20H2,1-2H3,(H,32,34). The fraction of sp³-hybridized carbons (Fsp3) is 0.310. The zero-order chi connectivity index (χ0) is 24.6. The van der Waals surface area contributed by atoms with Crippen LogP contribution in [0.4, 0.5) is 10.1 Å². The second kappa shape index (κ2) is 11.6. The van der Waals surface area contributed by atoms with Gasteiger partial charge in [-0.1, -0.05) is 38.1 Å². The molecule has 1 aromatic heterocycles. The third-order valence-corrected chi connectivity index (χ3v) is 5.76. The van der Waals surface area contributed by atoms with E-state index in [1.807, 2.05) is 26.0 Å². The van der Waals surface area contributed by atoms with Gasteiger partial charge in [0.05, 0.1) is 13.0 Å². The Labute approximate surface area is 206 Å². The van der Waals surface area contributed by atoms with Gasteiger partial charge in [0.2, 0.25) is 5.91 Å². The molecule has 0 bridgehead atoms. The molecular formula is C29H32FN3O2. The van der Waals surface area contributed by atoms with Crippen LogP contribution in [0.1, 0.15) is 37.9 Å². The Balaban J connectivity index is 1.30. The summed E-state index contributed by atoms with van der Waals surface area (Å²) in [4.78, 5) is 19.2. The number of nitrogens with one attached hydrogen (secondary N) is 1. The van der Waals surface area contributed by atoms with Crippen LogP contribution in [0.25, 0.3) is 11.1 Å². The molecular weight excluding hydrogens is 441 g/mol. The van der Waals surface area contributed by atoms with Crippen LogP contribution in [0.5, 0.6) is 5.75 Å². The Bertz CT molecular complexity index is 1160. The molecule has 35 heavy (non-hydrogen) atoms. The van der Waals surface area contributed by atoms with Gasteiger partial charge in [0.15, 0.2) is 0 Å². The van der Waals surface area contributed by atoms with E-state index < -0.39 is 0 Å². The lowest BCUT2D eigenvalue weighted by Crippen LogP contribution is -2.25. The molecule has 5 nitrogen and oxygen atoms in total. The number of aromatic nitrogens is 1. The first-order chi connectivity index (χ1) is 17.0. The topological polar surface area (TPSA) is 54.5 Å². The van der Waals surface area contributed by atoms with E-state index in [2.05, 4.69) is 51.7 Å². The van der Waals surface area contributed by atoms with Crippen LogP contribution in [-0.4, -0.2) is 24.0 Å². The van der Waals surface area contributed by atoms with Gasteiger partial charge in [-0.15, -0.1) is 0 Å². The van der Waals surface area contributed by atoms with Crippen molar-refractivity contribution < 1.29 is 13.9 Å². The van der Waals surface area contributed by atoms with Crippen LogP contribution in [0.3, 0.4) is 0 Å². The quantitative estimate of drug-likeness (QED) is 0.421. The normalized spacial score (nSPS) is 13.2. The molecule has 1 N–H and O–H groups in total. The first kappa shape index (κ1) is 24.5. The molecule has 6 heteroatoms. The second-order valence-electron chi connectivity index (χ2n) is 9.26. The summed E-state index contributed by atoms with van der Waals surface area (Å²) in [5.74, 6) is 0.267. The molecule has 0 saturated heterocycles. The van der Waals surface area contributed by atoms with Crippen molar-refractivity contribution in [3.8, 4) is 16.9 Å². The van der Waals surface area contributed by atoms with Crippen LogP contribution in [0.2, 0.25) is 0 Å². The summed E-state index contributed by atoms with van der Waals surface area (Å²) >= 11 is 0. The molecule has 0 saturated carbocycles. The molecule has 2 heterocycles. The number of hydrogen-bond acceptors (Lipinski definition) is 4.